The first kappa shape index (κ1) is 10.2. The van der Waals surface area contributed by atoms with Crippen molar-refractivity contribution in [2.24, 2.45) is 0 Å². The molecule has 17 heavy (non-hydrogen) atoms. The number of para-hydroxylation sites is 1. The van der Waals surface area contributed by atoms with E-state index < -0.39 is 0 Å². The highest BCUT2D eigenvalue weighted by Crippen LogP contribution is 2.37. The van der Waals surface area contributed by atoms with Crippen LogP contribution in [0.5, 0.6) is 0 Å². The van der Waals surface area contributed by atoms with E-state index in [1.54, 1.807) is 0 Å². The lowest BCUT2D eigenvalue weighted by atomic mass is 10.1. The number of hydrogen-bond acceptors (Lipinski definition) is 2. The van der Waals surface area contributed by atoms with Gasteiger partial charge in [0.2, 0.25) is 0 Å². The minimum atomic E-state index is 0.644. The lowest BCUT2D eigenvalue weighted by molar-refractivity contribution is 0.631. The van der Waals surface area contributed by atoms with E-state index >= 15 is 0 Å². The topological polar surface area (TPSA) is 39.2 Å². The van der Waals surface area contributed by atoms with Crippen molar-refractivity contribution in [2.45, 2.75) is 0 Å². The van der Waals surface area contributed by atoms with Gasteiger partial charge in [0, 0.05) is 16.6 Å². The Morgan fingerprint density at radius 1 is 0.941 bits per heavy atom. The number of furan rings is 1. The molecule has 0 aliphatic carbocycles. The van der Waals surface area contributed by atoms with Crippen LogP contribution in [0.3, 0.4) is 0 Å². The molecule has 84 valence electrons. The molecule has 2 aromatic carbocycles. The van der Waals surface area contributed by atoms with Gasteiger partial charge in [-0.2, -0.15) is 0 Å². The van der Waals surface area contributed by atoms with Crippen LogP contribution in [0, 0.1) is 0 Å². The minimum absolute atomic E-state index is 0.644. The Morgan fingerprint density at radius 2 is 1.65 bits per heavy atom. The minimum Gasteiger partial charge on any atom is -0.454 e. The molecule has 1 aromatic heterocycles. The molecule has 0 aliphatic heterocycles. The molecule has 0 spiro atoms. The third-order valence-corrected chi connectivity index (χ3v) is 3.08. The van der Waals surface area contributed by atoms with Crippen LogP contribution in [0.1, 0.15) is 0 Å². The number of benzene rings is 2. The molecule has 0 bridgehead atoms. The van der Waals surface area contributed by atoms with Gasteiger partial charge in [0.15, 0.2) is 5.76 Å². The fourth-order valence-electron chi connectivity index (χ4n) is 1.83. The van der Waals surface area contributed by atoms with Crippen LogP contribution in [0.4, 0.5) is 5.69 Å². The van der Waals surface area contributed by atoms with Gasteiger partial charge in [-0.05, 0) is 36.4 Å². The molecule has 2 N–H and O–H groups in total. The van der Waals surface area contributed by atoms with Gasteiger partial charge >= 0.3 is 0 Å². The smallest absolute Gasteiger partial charge is 0.154 e. The van der Waals surface area contributed by atoms with Crippen molar-refractivity contribution in [3.63, 3.8) is 0 Å². The fraction of sp³-hybridized carbons (Fsp3) is 0. The molecular weight excluding hydrogens is 234 g/mol. The number of halogens is 1. The molecule has 0 atom stereocenters. The molecule has 0 fully saturated rings. The first-order chi connectivity index (χ1) is 8.25. The second-order valence-electron chi connectivity index (χ2n) is 3.86. The van der Waals surface area contributed by atoms with Crippen molar-refractivity contribution in [1.29, 1.82) is 0 Å². The van der Waals surface area contributed by atoms with Gasteiger partial charge in [0.25, 0.3) is 0 Å². The van der Waals surface area contributed by atoms with Crippen molar-refractivity contribution in [1.82, 2.24) is 0 Å². The quantitative estimate of drug-likeness (QED) is 0.646. The fourth-order valence-corrected chi connectivity index (χ4v) is 2.14. The van der Waals surface area contributed by atoms with Gasteiger partial charge in [-0.3, -0.25) is 0 Å². The molecular formula is C14H10ClNO. The molecule has 3 aromatic rings. The van der Waals surface area contributed by atoms with E-state index in [-0.39, 0.29) is 0 Å². The van der Waals surface area contributed by atoms with E-state index in [1.807, 2.05) is 48.5 Å². The van der Waals surface area contributed by atoms with E-state index in [2.05, 4.69) is 0 Å². The number of hydrogen-bond donors (Lipinski definition) is 1. The van der Waals surface area contributed by atoms with E-state index in [4.69, 9.17) is 21.8 Å². The Balaban J connectivity index is 2.24. The average Bonchev–Trinajstić information content (AvgIpc) is 2.69. The molecule has 3 heteroatoms. The molecule has 3 rings (SSSR count). The summed E-state index contributed by atoms with van der Waals surface area (Å²) >= 11 is 6.31. The van der Waals surface area contributed by atoms with Crippen LogP contribution in [0.25, 0.3) is 22.3 Å². The highest BCUT2D eigenvalue weighted by Gasteiger charge is 2.13. The number of nitrogen functional groups attached to an aromatic ring is 1. The normalized spacial score (nSPS) is 10.9. The van der Waals surface area contributed by atoms with Gasteiger partial charge < -0.3 is 10.2 Å². The van der Waals surface area contributed by atoms with Crippen LogP contribution < -0.4 is 5.73 Å². The van der Waals surface area contributed by atoms with E-state index in [9.17, 15) is 0 Å². The second-order valence-corrected chi connectivity index (χ2v) is 4.24. The highest BCUT2D eigenvalue weighted by molar-refractivity contribution is 6.38. The summed E-state index contributed by atoms with van der Waals surface area (Å²) < 4.78 is 5.75. The van der Waals surface area contributed by atoms with Crippen LogP contribution in [-0.4, -0.2) is 0 Å². The summed E-state index contributed by atoms with van der Waals surface area (Å²) in [6.45, 7) is 0. The third-order valence-electron chi connectivity index (χ3n) is 2.71. The third kappa shape index (κ3) is 1.67. The largest absolute Gasteiger partial charge is 0.454 e. The molecule has 0 saturated carbocycles. The molecule has 2 nitrogen and oxygen atoms in total. The first-order valence-corrected chi connectivity index (χ1v) is 5.66. The maximum atomic E-state index is 6.31. The Bertz CT molecular complexity index is 670. The number of anilines is 1. The lowest BCUT2D eigenvalue weighted by Gasteiger charge is -1.98. The Morgan fingerprint density at radius 3 is 2.35 bits per heavy atom. The van der Waals surface area contributed by atoms with E-state index in [0.717, 1.165) is 22.2 Å². The molecule has 1 heterocycles. The second kappa shape index (κ2) is 3.82. The molecule has 0 unspecified atom stereocenters. The monoisotopic (exact) mass is 243 g/mol. The van der Waals surface area contributed by atoms with Crippen LogP contribution in [-0.2, 0) is 0 Å². The van der Waals surface area contributed by atoms with Crippen molar-refractivity contribution >= 4 is 28.3 Å². The Hall–Kier alpha value is -1.93. The van der Waals surface area contributed by atoms with Gasteiger partial charge in [0.05, 0.1) is 5.02 Å². The average molecular weight is 244 g/mol. The lowest BCUT2D eigenvalue weighted by Crippen LogP contribution is -1.83. The summed E-state index contributed by atoms with van der Waals surface area (Å²) in [5.41, 5.74) is 8.10. The Labute approximate surface area is 104 Å². The summed E-state index contributed by atoms with van der Waals surface area (Å²) in [5.74, 6) is 0.688. The van der Waals surface area contributed by atoms with Crippen LogP contribution in [0.15, 0.2) is 52.9 Å². The van der Waals surface area contributed by atoms with Gasteiger partial charge in [-0.15, -0.1) is 0 Å². The van der Waals surface area contributed by atoms with Crippen molar-refractivity contribution in [3.8, 4) is 11.3 Å². The van der Waals surface area contributed by atoms with Gasteiger partial charge in [-0.25, -0.2) is 0 Å². The summed E-state index contributed by atoms with van der Waals surface area (Å²) in [6.07, 6.45) is 0. The Kier molecular flexibility index (Phi) is 2.30. The predicted octanol–water partition coefficient (Wildman–Crippen LogP) is 4.34. The van der Waals surface area contributed by atoms with Crippen molar-refractivity contribution < 1.29 is 4.42 Å². The summed E-state index contributed by atoms with van der Waals surface area (Å²) in [5, 5.41) is 1.58. The zero-order valence-electron chi connectivity index (χ0n) is 8.98. The SMILES string of the molecule is Nc1ccc(-c2oc3ccccc3c2Cl)cc1. The van der Waals surface area contributed by atoms with Crippen molar-refractivity contribution in [2.75, 3.05) is 5.73 Å². The molecule has 0 saturated heterocycles. The maximum Gasteiger partial charge on any atom is 0.154 e. The molecule has 0 aliphatic rings. The van der Waals surface area contributed by atoms with Crippen molar-refractivity contribution in [3.05, 3.63) is 53.6 Å². The molecule has 0 amide bonds. The van der Waals surface area contributed by atoms with Gasteiger partial charge in [-0.1, -0.05) is 23.7 Å². The van der Waals surface area contributed by atoms with Gasteiger partial charge in [0.1, 0.15) is 5.58 Å². The standard InChI is InChI=1S/C14H10ClNO/c15-13-11-3-1-2-4-12(11)17-14(13)9-5-7-10(16)8-6-9/h1-8H,16H2. The maximum absolute atomic E-state index is 6.31. The summed E-state index contributed by atoms with van der Waals surface area (Å²) in [6, 6.07) is 15.2. The van der Waals surface area contributed by atoms with Crippen LogP contribution in [0.2, 0.25) is 5.02 Å². The zero-order valence-corrected chi connectivity index (χ0v) is 9.74. The van der Waals surface area contributed by atoms with E-state index in [0.29, 0.717) is 10.8 Å². The number of nitrogens with two attached hydrogens (primary N) is 1. The summed E-state index contributed by atoms with van der Waals surface area (Å²) in [4.78, 5) is 0. The van der Waals surface area contributed by atoms with Crippen LogP contribution >= 0.6 is 11.6 Å². The van der Waals surface area contributed by atoms with E-state index in [1.165, 1.54) is 0 Å². The first-order valence-electron chi connectivity index (χ1n) is 5.28. The number of rotatable bonds is 1. The zero-order chi connectivity index (χ0) is 11.8. The summed E-state index contributed by atoms with van der Waals surface area (Å²) in [7, 11) is 0. The molecule has 0 radical (unpaired) electrons. The highest BCUT2D eigenvalue weighted by atomic mass is 35.5. The number of fused-ring (bicyclic) bond motifs is 1. The predicted molar refractivity (Wildman–Crippen MR) is 71.1 cm³/mol.